The van der Waals surface area contributed by atoms with Crippen LogP contribution in [-0.4, -0.2) is 16.7 Å². The van der Waals surface area contributed by atoms with Crippen LogP contribution in [0.15, 0.2) is 34.9 Å². The van der Waals surface area contributed by atoms with Gasteiger partial charge in [0.2, 0.25) is 0 Å². The smallest absolute Gasteiger partial charge is 0.0703 e. The number of halogens is 1. The summed E-state index contributed by atoms with van der Waals surface area (Å²) in [5, 5.41) is 9.92. The minimum Gasteiger partial charge on any atom is -0.396 e. The summed E-state index contributed by atoms with van der Waals surface area (Å²) >= 11 is 3.38. The topological polar surface area (TPSA) is 33.1 Å². The minimum absolute atomic E-state index is 0.187. The molecular weight excluding hydrogens is 242 g/mol. The molecule has 0 unspecified atom stereocenters. The van der Waals surface area contributed by atoms with Crippen LogP contribution < -0.4 is 0 Å². The first-order valence-electron chi connectivity index (χ1n) is 4.44. The molecule has 0 aliphatic heterocycles. The van der Waals surface area contributed by atoms with Crippen molar-refractivity contribution < 1.29 is 5.11 Å². The first-order chi connectivity index (χ1) is 6.79. The molecule has 2 aromatic rings. The van der Waals surface area contributed by atoms with E-state index in [1.54, 1.807) is 6.20 Å². The molecule has 0 saturated heterocycles. The molecule has 0 aliphatic rings. The number of hydrogen-bond donors (Lipinski definition) is 1. The van der Waals surface area contributed by atoms with Gasteiger partial charge >= 0.3 is 0 Å². The third-order valence-electron chi connectivity index (χ3n) is 2.11. The van der Waals surface area contributed by atoms with Crippen LogP contribution in [0.1, 0.15) is 5.56 Å². The van der Waals surface area contributed by atoms with E-state index in [0.29, 0.717) is 6.42 Å². The lowest BCUT2D eigenvalue weighted by atomic mass is 10.1. The maximum atomic E-state index is 8.82. The molecule has 0 saturated carbocycles. The zero-order chi connectivity index (χ0) is 9.97. The fraction of sp³-hybridized carbons (Fsp3) is 0.182. The van der Waals surface area contributed by atoms with E-state index in [1.807, 2.05) is 18.2 Å². The average molecular weight is 252 g/mol. The van der Waals surface area contributed by atoms with Crippen molar-refractivity contribution >= 4 is 26.8 Å². The second-order valence-electron chi connectivity index (χ2n) is 3.15. The van der Waals surface area contributed by atoms with E-state index < -0.39 is 0 Å². The third-order valence-corrected chi connectivity index (χ3v) is 2.55. The van der Waals surface area contributed by atoms with Crippen LogP contribution in [0.5, 0.6) is 0 Å². The first-order valence-corrected chi connectivity index (χ1v) is 5.24. The Balaban J connectivity index is 2.52. The van der Waals surface area contributed by atoms with Crippen molar-refractivity contribution in [2.24, 2.45) is 0 Å². The van der Waals surface area contributed by atoms with Gasteiger partial charge in [-0.1, -0.05) is 6.07 Å². The highest BCUT2D eigenvalue weighted by Gasteiger charge is 1.98. The molecule has 1 N–H and O–H groups in total. The molecule has 14 heavy (non-hydrogen) atoms. The van der Waals surface area contributed by atoms with Gasteiger partial charge in [0.15, 0.2) is 0 Å². The normalized spacial score (nSPS) is 10.7. The molecule has 3 heteroatoms. The van der Waals surface area contributed by atoms with E-state index in [0.717, 1.165) is 20.9 Å². The molecule has 0 bridgehead atoms. The van der Waals surface area contributed by atoms with Crippen molar-refractivity contribution in [1.82, 2.24) is 4.98 Å². The molecule has 1 heterocycles. The number of pyridine rings is 1. The molecule has 1 aromatic heterocycles. The summed E-state index contributed by atoms with van der Waals surface area (Å²) in [6.07, 6.45) is 2.48. The number of rotatable bonds is 2. The van der Waals surface area contributed by atoms with Gasteiger partial charge in [-0.15, -0.1) is 0 Å². The lowest BCUT2D eigenvalue weighted by Gasteiger charge is -2.01. The summed E-state index contributed by atoms with van der Waals surface area (Å²) in [6, 6.07) is 8.07. The van der Waals surface area contributed by atoms with Crippen LogP contribution in [0.2, 0.25) is 0 Å². The Morgan fingerprint density at radius 3 is 2.93 bits per heavy atom. The van der Waals surface area contributed by atoms with E-state index in [-0.39, 0.29) is 6.61 Å². The summed E-state index contributed by atoms with van der Waals surface area (Å²) in [5.41, 5.74) is 2.12. The average Bonchev–Trinajstić information content (AvgIpc) is 2.17. The number of hydrogen-bond acceptors (Lipinski definition) is 2. The Morgan fingerprint density at radius 2 is 2.14 bits per heavy atom. The summed E-state index contributed by atoms with van der Waals surface area (Å²) < 4.78 is 0.978. The Morgan fingerprint density at radius 1 is 1.29 bits per heavy atom. The molecule has 0 atom stereocenters. The molecule has 0 aliphatic carbocycles. The van der Waals surface area contributed by atoms with Gasteiger partial charge in [-0.05, 0) is 46.1 Å². The number of fused-ring (bicyclic) bond motifs is 1. The second-order valence-corrected chi connectivity index (χ2v) is 4.07. The molecule has 2 rings (SSSR count). The number of nitrogens with zero attached hydrogens (tertiary/aromatic N) is 1. The number of aromatic nitrogens is 1. The summed E-state index contributed by atoms with van der Waals surface area (Å²) in [4.78, 5) is 4.27. The maximum absolute atomic E-state index is 8.82. The van der Waals surface area contributed by atoms with Crippen LogP contribution in [-0.2, 0) is 6.42 Å². The van der Waals surface area contributed by atoms with E-state index in [9.17, 15) is 0 Å². The predicted molar refractivity (Wildman–Crippen MR) is 60.2 cm³/mol. The van der Waals surface area contributed by atoms with Crippen molar-refractivity contribution in [3.8, 4) is 0 Å². The van der Waals surface area contributed by atoms with E-state index in [2.05, 4.69) is 27.0 Å². The monoisotopic (exact) mass is 251 g/mol. The standard InChI is InChI=1S/C11H10BrNO/c12-10-6-9-5-8(3-4-14)1-2-11(9)13-7-10/h1-2,5-7,14H,3-4H2. The molecule has 0 spiro atoms. The molecule has 0 radical (unpaired) electrons. The minimum atomic E-state index is 0.187. The van der Waals surface area contributed by atoms with E-state index >= 15 is 0 Å². The summed E-state index contributed by atoms with van der Waals surface area (Å²) in [5.74, 6) is 0. The summed E-state index contributed by atoms with van der Waals surface area (Å²) in [7, 11) is 0. The second kappa shape index (κ2) is 4.07. The molecule has 2 nitrogen and oxygen atoms in total. The van der Waals surface area contributed by atoms with E-state index in [1.165, 1.54) is 0 Å². The van der Waals surface area contributed by atoms with Crippen LogP contribution in [0.3, 0.4) is 0 Å². The van der Waals surface area contributed by atoms with Gasteiger partial charge in [0.25, 0.3) is 0 Å². The highest BCUT2D eigenvalue weighted by atomic mass is 79.9. The Bertz CT molecular complexity index is 456. The van der Waals surface area contributed by atoms with E-state index in [4.69, 9.17) is 5.11 Å². The van der Waals surface area contributed by atoms with Gasteiger partial charge in [0, 0.05) is 22.7 Å². The SMILES string of the molecule is OCCc1ccc2ncc(Br)cc2c1. The largest absolute Gasteiger partial charge is 0.396 e. The highest BCUT2D eigenvalue weighted by Crippen LogP contribution is 2.18. The van der Waals surface area contributed by atoms with Crippen LogP contribution in [0.4, 0.5) is 0 Å². The van der Waals surface area contributed by atoms with Crippen LogP contribution in [0, 0.1) is 0 Å². The van der Waals surface area contributed by atoms with Gasteiger partial charge in [0.05, 0.1) is 5.52 Å². The zero-order valence-electron chi connectivity index (χ0n) is 7.57. The number of benzene rings is 1. The van der Waals surface area contributed by atoms with Crippen molar-refractivity contribution in [3.05, 3.63) is 40.5 Å². The maximum Gasteiger partial charge on any atom is 0.0703 e. The van der Waals surface area contributed by atoms with Crippen molar-refractivity contribution in [1.29, 1.82) is 0 Å². The highest BCUT2D eigenvalue weighted by molar-refractivity contribution is 9.10. The van der Waals surface area contributed by atoms with Crippen LogP contribution >= 0.6 is 15.9 Å². The molecular formula is C11H10BrNO. The van der Waals surface area contributed by atoms with Gasteiger partial charge in [-0.2, -0.15) is 0 Å². The number of aliphatic hydroxyl groups is 1. The van der Waals surface area contributed by atoms with Gasteiger partial charge in [0.1, 0.15) is 0 Å². The Kier molecular flexibility index (Phi) is 2.79. The number of aliphatic hydroxyl groups excluding tert-OH is 1. The predicted octanol–water partition coefficient (Wildman–Crippen LogP) is 2.53. The fourth-order valence-electron chi connectivity index (χ4n) is 1.44. The van der Waals surface area contributed by atoms with Gasteiger partial charge in [-0.3, -0.25) is 4.98 Å². The van der Waals surface area contributed by atoms with Crippen molar-refractivity contribution in [2.75, 3.05) is 6.61 Å². The molecule has 72 valence electrons. The third kappa shape index (κ3) is 1.94. The quantitative estimate of drug-likeness (QED) is 0.890. The Hall–Kier alpha value is -0.930. The lowest BCUT2D eigenvalue weighted by molar-refractivity contribution is 0.299. The van der Waals surface area contributed by atoms with Gasteiger partial charge < -0.3 is 5.11 Å². The molecule has 0 amide bonds. The summed E-state index contributed by atoms with van der Waals surface area (Å²) in [6.45, 7) is 0.187. The first kappa shape index (κ1) is 9.62. The van der Waals surface area contributed by atoms with Gasteiger partial charge in [-0.25, -0.2) is 0 Å². The lowest BCUT2D eigenvalue weighted by Crippen LogP contribution is -1.90. The Labute approximate surface area is 90.7 Å². The van der Waals surface area contributed by atoms with Crippen LogP contribution in [0.25, 0.3) is 10.9 Å². The zero-order valence-corrected chi connectivity index (χ0v) is 9.16. The molecule has 1 aromatic carbocycles. The van der Waals surface area contributed by atoms with Crippen molar-refractivity contribution in [2.45, 2.75) is 6.42 Å². The molecule has 0 fully saturated rings. The fourth-order valence-corrected chi connectivity index (χ4v) is 1.79. The van der Waals surface area contributed by atoms with Crippen molar-refractivity contribution in [3.63, 3.8) is 0 Å².